The van der Waals surface area contributed by atoms with Crippen LogP contribution in [0.1, 0.15) is 20.3 Å². The molecule has 0 radical (unpaired) electrons. The number of amides is 1. The summed E-state index contributed by atoms with van der Waals surface area (Å²) in [5.41, 5.74) is 0. The zero-order valence-electron chi connectivity index (χ0n) is 10.8. The first-order valence-electron chi connectivity index (χ1n) is 6.02. The largest absolute Gasteiger partial charge is 0.383 e. The lowest BCUT2D eigenvalue weighted by Gasteiger charge is -2.32. The van der Waals surface area contributed by atoms with E-state index in [-0.39, 0.29) is 17.9 Å². The first kappa shape index (κ1) is 13.5. The van der Waals surface area contributed by atoms with Gasteiger partial charge in [-0.25, -0.2) is 0 Å². The molecule has 0 aromatic carbocycles. The summed E-state index contributed by atoms with van der Waals surface area (Å²) in [5.74, 6) is 0.963. The van der Waals surface area contributed by atoms with Crippen molar-refractivity contribution in [3.8, 4) is 0 Å². The minimum Gasteiger partial charge on any atom is -0.383 e. The molecule has 3 atom stereocenters. The zero-order valence-corrected chi connectivity index (χ0v) is 10.8. The van der Waals surface area contributed by atoms with Crippen molar-refractivity contribution in [2.45, 2.75) is 26.3 Å². The van der Waals surface area contributed by atoms with Crippen LogP contribution in [0.4, 0.5) is 0 Å². The number of piperidine rings is 1. The number of carbonyl (C=O) groups excluding carboxylic acids is 1. The Hall–Kier alpha value is -0.610. The van der Waals surface area contributed by atoms with Crippen LogP contribution >= 0.6 is 0 Å². The fourth-order valence-corrected chi connectivity index (χ4v) is 2.20. The Morgan fingerprint density at radius 1 is 1.56 bits per heavy atom. The normalized spacial score (nSPS) is 27.5. The molecule has 1 heterocycles. The van der Waals surface area contributed by atoms with Gasteiger partial charge in [-0.2, -0.15) is 0 Å². The van der Waals surface area contributed by atoms with Crippen LogP contribution in [0.3, 0.4) is 0 Å². The summed E-state index contributed by atoms with van der Waals surface area (Å²) in [7, 11) is 3.53. The van der Waals surface area contributed by atoms with E-state index < -0.39 is 0 Å². The second-order valence-corrected chi connectivity index (χ2v) is 4.95. The molecule has 0 spiro atoms. The second kappa shape index (κ2) is 6.21. The summed E-state index contributed by atoms with van der Waals surface area (Å²) in [5, 5.41) is 3.31. The molecule has 1 aliphatic rings. The van der Waals surface area contributed by atoms with E-state index >= 15 is 0 Å². The van der Waals surface area contributed by atoms with Crippen LogP contribution in [0.2, 0.25) is 0 Å². The molecule has 1 saturated heterocycles. The molecule has 1 fully saturated rings. The third-order valence-corrected chi connectivity index (χ3v) is 3.34. The van der Waals surface area contributed by atoms with Crippen molar-refractivity contribution < 1.29 is 9.53 Å². The minimum atomic E-state index is 0.132. The SMILES string of the molecule is COCC(C)N(C)C(=O)C1CNCC(C)C1. The molecule has 4 nitrogen and oxygen atoms in total. The lowest BCUT2D eigenvalue weighted by molar-refractivity contribution is -0.137. The van der Waals surface area contributed by atoms with Crippen molar-refractivity contribution >= 4 is 5.91 Å². The average Bonchev–Trinajstić information content (AvgIpc) is 2.27. The van der Waals surface area contributed by atoms with Crippen LogP contribution < -0.4 is 5.32 Å². The van der Waals surface area contributed by atoms with Crippen LogP contribution in [0.25, 0.3) is 0 Å². The molecule has 1 rings (SSSR count). The molecule has 1 amide bonds. The van der Waals surface area contributed by atoms with Gasteiger partial charge in [-0.15, -0.1) is 0 Å². The molecule has 0 bridgehead atoms. The maximum absolute atomic E-state index is 12.2. The molecule has 1 N–H and O–H groups in total. The highest BCUT2D eigenvalue weighted by molar-refractivity contribution is 5.79. The van der Waals surface area contributed by atoms with Crippen LogP contribution in [0.5, 0.6) is 0 Å². The van der Waals surface area contributed by atoms with E-state index in [1.54, 1.807) is 7.11 Å². The molecule has 94 valence electrons. The molecule has 0 aromatic rings. The Labute approximate surface area is 98.3 Å². The molecule has 0 aliphatic carbocycles. The van der Waals surface area contributed by atoms with Gasteiger partial charge in [0.15, 0.2) is 0 Å². The predicted octanol–water partition coefficient (Wildman–Crippen LogP) is 0.725. The van der Waals surface area contributed by atoms with E-state index in [0.29, 0.717) is 12.5 Å². The standard InChI is InChI=1S/C12H24N2O2/c1-9-5-11(7-13-6-9)12(15)14(3)10(2)8-16-4/h9-11,13H,5-8H2,1-4H3. The van der Waals surface area contributed by atoms with Gasteiger partial charge < -0.3 is 15.0 Å². The number of hydrogen-bond donors (Lipinski definition) is 1. The van der Waals surface area contributed by atoms with E-state index in [2.05, 4.69) is 12.2 Å². The molecule has 3 unspecified atom stereocenters. The third-order valence-electron chi connectivity index (χ3n) is 3.34. The highest BCUT2D eigenvalue weighted by Gasteiger charge is 2.28. The zero-order chi connectivity index (χ0) is 12.1. The Bertz CT molecular complexity index is 233. The molecular formula is C12H24N2O2. The fourth-order valence-electron chi connectivity index (χ4n) is 2.20. The lowest BCUT2D eigenvalue weighted by Crippen LogP contribution is -2.47. The summed E-state index contributed by atoms with van der Waals surface area (Å²) in [6, 6.07) is 0.148. The number of methoxy groups -OCH3 is 1. The third kappa shape index (κ3) is 3.46. The number of ether oxygens (including phenoxy) is 1. The highest BCUT2D eigenvalue weighted by atomic mass is 16.5. The first-order valence-corrected chi connectivity index (χ1v) is 6.02. The van der Waals surface area contributed by atoms with Crippen molar-refractivity contribution in [3.63, 3.8) is 0 Å². The number of nitrogens with zero attached hydrogens (tertiary/aromatic N) is 1. The van der Waals surface area contributed by atoms with E-state index in [1.807, 2.05) is 18.9 Å². The molecule has 0 aromatic heterocycles. The van der Waals surface area contributed by atoms with Crippen molar-refractivity contribution in [1.29, 1.82) is 0 Å². The Morgan fingerprint density at radius 3 is 2.81 bits per heavy atom. The fraction of sp³-hybridized carbons (Fsp3) is 0.917. The summed E-state index contributed by atoms with van der Waals surface area (Å²) in [6.45, 7) is 6.64. The van der Waals surface area contributed by atoms with Gasteiger partial charge in [0.05, 0.1) is 18.6 Å². The molecule has 0 saturated carbocycles. The van der Waals surface area contributed by atoms with E-state index in [4.69, 9.17) is 4.74 Å². The minimum absolute atomic E-state index is 0.132. The van der Waals surface area contributed by atoms with Crippen LogP contribution in [0, 0.1) is 11.8 Å². The highest BCUT2D eigenvalue weighted by Crippen LogP contribution is 2.18. The molecular weight excluding hydrogens is 204 g/mol. The second-order valence-electron chi connectivity index (χ2n) is 4.95. The monoisotopic (exact) mass is 228 g/mol. The summed E-state index contributed by atoms with van der Waals surface area (Å²) >= 11 is 0. The molecule has 16 heavy (non-hydrogen) atoms. The van der Waals surface area contributed by atoms with Crippen LogP contribution in [-0.2, 0) is 9.53 Å². The van der Waals surface area contributed by atoms with E-state index in [1.165, 1.54) is 0 Å². The summed E-state index contributed by atoms with van der Waals surface area (Å²) in [6.07, 6.45) is 0.996. The topological polar surface area (TPSA) is 41.6 Å². The van der Waals surface area contributed by atoms with Crippen molar-refractivity contribution in [3.05, 3.63) is 0 Å². The van der Waals surface area contributed by atoms with Crippen LogP contribution in [0.15, 0.2) is 0 Å². The lowest BCUT2D eigenvalue weighted by atomic mass is 9.90. The number of likely N-dealkylation sites (N-methyl/N-ethyl adjacent to an activating group) is 1. The predicted molar refractivity (Wildman–Crippen MR) is 64.2 cm³/mol. The van der Waals surface area contributed by atoms with Gasteiger partial charge in [-0.1, -0.05) is 6.92 Å². The maximum atomic E-state index is 12.2. The summed E-state index contributed by atoms with van der Waals surface area (Å²) < 4.78 is 5.07. The molecule has 4 heteroatoms. The number of rotatable bonds is 4. The van der Waals surface area contributed by atoms with Gasteiger partial charge in [0.1, 0.15) is 0 Å². The van der Waals surface area contributed by atoms with Gasteiger partial charge in [-0.3, -0.25) is 4.79 Å². The van der Waals surface area contributed by atoms with Gasteiger partial charge in [0.2, 0.25) is 5.91 Å². The van der Waals surface area contributed by atoms with Crippen molar-refractivity contribution in [2.24, 2.45) is 11.8 Å². The van der Waals surface area contributed by atoms with Crippen molar-refractivity contribution in [1.82, 2.24) is 10.2 Å². The van der Waals surface area contributed by atoms with Crippen LogP contribution in [-0.4, -0.2) is 50.7 Å². The Balaban J connectivity index is 2.48. The van der Waals surface area contributed by atoms with E-state index in [0.717, 1.165) is 19.5 Å². The maximum Gasteiger partial charge on any atom is 0.227 e. The quantitative estimate of drug-likeness (QED) is 0.771. The van der Waals surface area contributed by atoms with E-state index in [9.17, 15) is 4.79 Å². The Kier molecular flexibility index (Phi) is 5.22. The smallest absolute Gasteiger partial charge is 0.227 e. The van der Waals surface area contributed by atoms with Gasteiger partial charge >= 0.3 is 0 Å². The summed E-state index contributed by atoms with van der Waals surface area (Å²) in [4.78, 5) is 14.0. The number of carbonyl (C=O) groups is 1. The Morgan fingerprint density at radius 2 is 2.25 bits per heavy atom. The van der Waals surface area contributed by atoms with Gasteiger partial charge in [0.25, 0.3) is 0 Å². The number of hydrogen-bond acceptors (Lipinski definition) is 3. The van der Waals surface area contributed by atoms with Gasteiger partial charge in [-0.05, 0) is 25.8 Å². The first-order chi connectivity index (χ1) is 7.56. The average molecular weight is 228 g/mol. The van der Waals surface area contributed by atoms with Gasteiger partial charge in [0, 0.05) is 20.7 Å². The molecule has 1 aliphatic heterocycles. The number of nitrogens with one attached hydrogen (secondary N) is 1. The van der Waals surface area contributed by atoms with Crippen molar-refractivity contribution in [2.75, 3.05) is 33.9 Å².